The van der Waals surface area contributed by atoms with Gasteiger partial charge in [-0.25, -0.2) is 4.79 Å². The highest BCUT2D eigenvalue weighted by Crippen LogP contribution is 2.31. The van der Waals surface area contributed by atoms with Crippen molar-refractivity contribution in [3.8, 4) is 0 Å². The van der Waals surface area contributed by atoms with Gasteiger partial charge in [0.05, 0.1) is 5.56 Å². The maximum atomic E-state index is 12.1. The lowest BCUT2D eigenvalue weighted by atomic mass is 9.99. The van der Waals surface area contributed by atoms with E-state index in [4.69, 9.17) is 24.5 Å². The normalized spacial score (nSPS) is 23.8. The van der Waals surface area contributed by atoms with Gasteiger partial charge in [0, 0.05) is 31.2 Å². The van der Waals surface area contributed by atoms with Crippen molar-refractivity contribution < 1.29 is 33.3 Å². The number of ether oxygens (including phenoxy) is 4. The fraction of sp³-hybridized carbons (Fsp3) is 0.471. The molecular formula is C17H19N3O7. The summed E-state index contributed by atoms with van der Waals surface area (Å²) in [6.45, 7) is 2.08. The third kappa shape index (κ3) is 5.70. The molecule has 1 saturated heterocycles. The van der Waals surface area contributed by atoms with Crippen molar-refractivity contribution in [3.05, 3.63) is 46.3 Å². The van der Waals surface area contributed by atoms with Crippen LogP contribution in [0.25, 0.3) is 10.4 Å². The maximum Gasteiger partial charge on any atom is 0.338 e. The summed E-state index contributed by atoms with van der Waals surface area (Å²) in [5, 5.41) is 3.49. The first-order chi connectivity index (χ1) is 12.9. The summed E-state index contributed by atoms with van der Waals surface area (Å²) in [4.78, 5) is 37.5. The summed E-state index contributed by atoms with van der Waals surface area (Å²) in [5.41, 5.74) is 8.95. The predicted octanol–water partition coefficient (Wildman–Crippen LogP) is 1.99. The van der Waals surface area contributed by atoms with Gasteiger partial charge in [0.2, 0.25) is 6.29 Å². The monoisotopic (exact) mass is 377 g/mol. The molecule has 27 heavy (non-hydrogen) atoms. The average molecular weight is 377 g/mol. The van der Waals surface area contributed by atoms with Crippen LogP contribution in [0.15, 0.2) is 35.4 Å². The highest BCUT2D eigenvalue weighted by molar-refractivity contribution is 5.89. The second-order valence-electron chi connectivity index (χ2n) is 5.77. The third-order valence-corrected chi connectivity index (χ3v) is 3.80. The minimum Gasteiger partial charge on any atom is -0.459 e. The molecule has 0 radical (unpaired) electrons. The van der Waals surface area contributed by atoms with E-state index in [0.29, 0.717) is 5.56 Å². The highest BCUT2D eigenvalue weighted by atomic mass is 16.7. The molecule has 1 aliphatic rings. The van der Waals surface area contributed by atoms with Crippen molar-refractivity contribution in [3.63, 3.8) is 0 Å². The molecule has 144 valence electrons. The lowest BCUT2D eigenvalue weighted by molar-refractivity contribution is -0.195. The van der Waals surface area contributed by atoms with Crippen LogP contribution in [0.4, 0.5) is 0 Å². The summed E-state index contributed by atoms with van der Waals surface area (Å²) < 4.78 is 21.1. The zero-order valence-corrected chi connectivity index (χ0v) is 14.8. The van der Waals surface area contributed by atoms with E-state index in [1.165, 1.54) is 13.8 Å². The van der Waals surface area contributed by atoms with Gasteiger partial charge in [-0.05, 0) is 17.7 Å². The van der Waals surface area contributed by atoms with Crippen LogP contribution in [-0.2, 0) is 28.5 Å². The van der Waals surface area contributed by atoms with Crippen LogP contribution in [0, 0.1) is 5.92 Å². The molecule has 0 spiro atoms. The van der Waals surface area contributed by atoms with Crippen molar-refractivity contribution in [1.82, 2.24) is 0 Å². The quantitative estimate of drug-likeness (QED) is 0.233. The van der Waals surface area contributed by atoms with E-state index in [-0.39, 0.29) is 13.2 Å². The number of azide groups is 1. The van der Waals surface area contributed by atoms with Crippen LogP contribution < -0.4 is 0 Å². The minimum atomic E-state index is -1.19. The zero-order valence-electron chi connectivity index (χ0n) is 14.8. The summed E-state index contributed by atoms with van der Waals surface area (Å²) in [7, 11) is 0. The lowest BCUT2D eigenvalue weighted by Crippen LogP contribution is -2.37. The molecule has 4 atom stereocenters. The summed E-state index contributed by atoms with van der Waals surface area (Å²) >= 11 is 0. The van der Waals surface area contributed by atoms with Crippen molar-refractivity contribution in [1.29, 1.82) is 0 Å². The Morgan fingerprint density at radius 2 is 1.81 bits per heavy atom. The van der Waals surface area contributed by atoms with Crippen molar-refractivity contribution in [2.24, 2.45) is 11.0 Å². The number of benzene rings is 1. The van der Waals surface area contributed by atoms with Crippen LogP contribution in [0.2, 0.25) is 0 Å². The van der Waals surface area contributed by atoms with E-state index in [0.717, 1.165) is 0 Å². The van der Waals surface area contributed by atoms with Crippen LogP contribution in [0.1, 0.15) is 24.2 Å². The molecule has 1 aromatic rings. The maximum absolute atomic E-state index is 12.1. The molecule has 1 unspecified atom stereocenters. The van der Waals surface area contributed by atoms with Gasteiger partial charge in [-0.2, -0.15) is 0 Å². The molecule has 1 aromatic carbocycles. The zero-order chi connectivity index (χ0) is 19.8. The molecular weight excluding hydrogens is 358 g/mol. The van der Waals surface area contributed by atoms with E-state index in [1.54, 1.807) is 30.3 Å². The summed E-state index contributed by atoms with van der Waals surface area (Å²) in [6.07, 6.45) is -2.97. The van der Waals surface area contributed by atoms with Crippen molar-refractivity contribution in [2.45, 2.75) is 32.3 Å². The van der Waals surface area contributed by atoms with Gasteiger partial charge < -0.3 is 18.9 Å². The van der Waals surface area contributed by atoms with Crippen LogP contribution in [-0.4, -0.2) is 49.6 Å². The molecule has 2 rings (SSSR count). The number of hydrogen-bond donors (Lipinski definition) is 0. The Morgan fingerprint density at radius 1 is 1.15 bits per heavy atom. The average Bonchev–Trinajstić information content (AvgIpc) is 2.93. The van der Waals surface area contributed by atoms with Gasteiger partial charge in [-0.15, -0.1) is 0 Å². The molecule has 1 aliphatic heterocycles. The molecule has 0 N–H and O–H groups in total. The molecule has 0 amide bonds. The Morgan fingerprint density at radius 3 is 2.41 bits per heavy atom. The number of esters is 3. The first-order valence-corrected chi connectivity index (χ1v) is 8.15. The van der Waals surface area contributed by atoms with E-state index >= 15 is 0 Å². The number of hydrogen-bond acceptors (Lipinski definition) is 8. The first kappa shape index (κ1) is 20.2. The Hall–Kier alpha value is -3.10. The number of rotatable bonds is 7. The largest absolute Gasteiger partial charge is 0.459 e. The third-order valence-electron chi connectivity index (χ3n) is 3.80. The smallest absolute Gasteiger partial charge is 0.338 e. The van der Waals surface area contributed by atoms with Gasteiger partial charge in [0.25, 0.3) is 0 Å². The molecule has 1 fully saturated rings. The first-order valence-electron chi connectivity index (χ1n) is 8.15. The number of carbonyl (C=O) groups excluding carboxylic acids is 3. The standard InChI is InChI=1S/C17H19N3O7/c1-10(21)25-15-13(8-19-20-18)14(27-17(15)26-11(2)22)9-24-16(23)12-6-4-3-5-7-12/h3-7,13-15,17H,8-9H2,1-2H3/t13-,14-,15-,17?/m1/s1. The fourth-order valence-corrected chi connectivity index (χ4v) is 2.69. The Labute approximate surface area is 155 Å². The van der Waals surface area contributed by atoms with Crippen molar-refractivity contribution in [2.75, 3.05) is 13.2 Å². The molecule has 10 heteroatoms. The SMILES string of the molecule is CC(=O)OC1O[C@H](COC(=O)c2ccccc2)[C@@H](CN=[N+]=[N-])[C@H]1OC(C)=O. The number of carbonyl (C=O) groups is 3. The number of nitrogens with zero attached hydrogens (tertiary/aromatic N) is 3. The van der Waals surface area contributed by atoms with Gasteiger partial charge in [0.15, 0.2) is 6.10 Å². The van der Waals surface area contributed by atoms with Gasteiger partial charge >= 0.3 is 17.9 Å². The van der Waals surface area contributed by atoms with Gasteiger partial charge in [-0.3, -0.25) is 9.59 Å². The van der Waals surface area contributed by atoms with Crippen LogP contribution in [0.3, 0.4) is 0 Å². The lowest BCUT2D eigenvalue weighted by Gasteiger charge is -2.21. The second-order valence-corrected chi connectivity index (χ2v) is 5.77. The van der Waals surface area contributed by atoms with E-state index in [2.05, 4.69) is 10.0 Å². The molecule has 10 nitrogen and oxygen atoms in total. The topological polar surface area (TPSA) is 137 Å². The van der Waals surface area contributed by atoms with Gasteiger partial charge in [-0.1, -0.05) is 23.3 Å². The minimum absolute atomic E-state index is 0.0975. The van der Waals surface area contributed by atoms with Crippen LogP contribution >= 0.6 is 0 Å². The highest BCUT2D eigenvalue weighted by Gasteiger charge is 2.48. The van der Waals surface area contributed by atoms with Gasteiger partial charge in [0.1, 0.15) is 12.7 Å². The Balaban J connectivity index is 2.13. The summed E-state index contributed by atoms with van der Waals surface area (Å²) in [5.74, 6) is -2.48. The fourth-order valence-electron chi connectivity index (χ4n) is 2.69. The molecule has 1 heterocycles. The molecule has 0 aromatic heterocycles. The second kappa shape index (κ2) is 9.56. The van der Waals surface area contributed by atoms with E-state index in [9.17, 15) is 14.4 Å². The van der Waals surface area contributed by atoms with Crippen LogP contribution in [0.5, 0.6) is 0 Å². The summed E-state index contributed by atoms with van der Waals surface area (Å²) in [6, 6.07) is 8.35. The molecule has 0 bridgehead atoms. The predicted molar refractivity (Wildman–Crippen MR) is 90.2 cm³/mol. The Kier molecular flexibility index (Phi) is 7.16. The molecule has 0 aliphatic carbocycles. The van der Waals surface area contributed by atoms with E-state index in [1.807, 2.05) is 0 Å². The Bertz CT molecular complexity index is 733. The molecule has 0 saturated carbocycles. The van der Waals surface area contributed by atoms with E-state index < -0.39 is 42.3 Å². The van der Waals surface area contributed by atoms with Crippen molar-refractivity contribution >= 4 is 17.9 Å².